The molecule has 0 aliphatic rings. The van der Waals surface area contributed by atoms with E-state index < -0.39 is 4.92 Å². The van der Waals surface area contributed by atoms with Crippen LogP contribution in [0.3, 0.4) is 0 Å². The summed E-state index contributed by atoms with van der Waals surface area (Å²) in [5.74, 6) is 0.350. The molecule has 27 heavy (non-hydrogen) atoms. The highest BCUT2D eigenvalue weighted by molar-refractivity contribution is 7.99. The molecular formula is C19H17N3O4S. The van der Waals surface area contributed by atoms with E-state index in [4.69, 9.17) is 4.74 Å². The van der Waals surface area contributed by atoms with Gasteiger partial charge in [-0.2, -0.15) is 5.10 Å². The molecule has 0 unspecified atom stereocenters. The molecule has 1 aromatic heterocycles. The normalized spacial score (nSPS) is 10.6. The number of carbonyl (C=O) groups excluding carboxylic acids is 1. The van der Waals surface area contributed by atoms with Crippen LogP contribution in [0.15, 0.2) is 64.4 Å². The molecule has 0 amide bonds. The summed E-state index contributed by atoms with van der Waals surface area (Å²) in [7, 11) is 0. The van der Waals surface area contributed by atoms with E-state index in [-0.39, 0.29) is 18.2 Å². The molecule has 0 aliphatic heterocycles. The molecule has 0 saturated carbocycles. The summed E-state index contributed by atoms with van der Waals surface area (Å²) in [5, 5.41) is 15.1. The Labute approximate surface area is 160 Å². The average molecular weight is 383 g/mol. The summed E-state index contributed by atoms with van der Waals surface area (Å²) in [4.78, 5) is 24.5. The molecule has 0 saturated heterocycles. The number of aryl methyl sites for hydroxylation is 1. The van der Waals surface area contributed by atoms with Gasteiger partial charge >= 0.3 is 0 Å². The number of ether oxygens (including phenoxy) is 1. The minimum Gasteiger partial charge on any atom is -0.484 e. The minimum atomic E-state index is -0.436. The molecule has 0 N–H and O–H groups in total. The van der Waals surface area contributed by atoms with Crippen LogP contribution in [0.1, 0.15) is 16.2 Å². The third kappa shape index (κ3) is 4.35. The van der Waals surface area contributed by atoms with E-state index >= 15 is 0 Å². The second-order valence-corrected chi connectivity index (χ2v) is 6.84. The smallest absolute Gasteiger partial charge is 0.285 e. The number of nitro groups is 1. The van der Waals surface area contributed by atoms with Gasteiger partial charge in [0.05, 0.1) is 21.2 Å². The van der Waals surface area contributed by atoms with Crippen molar-refractivity contribution in [2.75, 3.05) is 6.61 Å². The third-order valence-corrected chi connectivity index (χ3v) is 5.14. The van der Waals surface area contributed by atoms with Crippen LogP contribution in [0, 0.1) is 24.0 Å². The molecule has 138 valence electrons. The van der Waals surface area contributed by atoms with Crippen molar-refractivity contribution in [2.45, 2.75) is 23.6 Å². The Morgan fingerprint density at radius 1 is 1.15 bits per heavy atom. The highest BCUT2D eigenvalue weighted by Crippen LogP contribution is 2.33. The van der Waals surface area contributed by atoms with Crippen molar-refractivity contribution in [1.82, 2.24) is 9.78 Å². The van der Waals surface area contributed by atoms with Crippen LogP contribution in [0.2, 0.25) is 0 Å². The summed E-state index contributed by atoms with van der Waals surface area (Å²) in [6, 6.07) is 15.4. The van der Waals surface area contributed by atoms with Gasteiger partial charge in [0.25, 0.3) is 11.6 Å². The van der Waals surface area contributed by atoms with Gasteiger partial charge in [-0.05, 0) is 38.1 Å². The molecule has 3 rings (SSSR count). The van der Waals surface area contributed by atoms with E-state index in [9.17, 15) is 14.9 Å². The number of non-ortho nitro benzene ring substituents is 1. The van der Waals surface area contributed by atoms with Gasteiger partial charge < -0.3 is 4.74 Å². The van der Waals surface area contributed by atoms with Crippen LogP contribution in [0.25, 0.3) is 0 Å². The molecular weight excluding hydrogens is 366 g/mol. The van der Waals surface area contributed by atoms with Gasteiger partial charge in [-0.3, -0.25) is 14.9 Å². The lowest BCUT2D eigenvalue weighted by molar-refractivity contribution is -0.384. The molecule has 0 spiro atoms. The molecule has 0 fully saturated rings. The largest absolute Gasteiger partial charge is 0.484 e. The number of hydrogen-bond acceptors (Lipinski definition) is 6. The third-order valence-electron chi connectivity index (χ3n) is 3.83. The van der Waals surface area contributed by atoms with Crippen LogP contribution in [0.4, 0.5) is 5.69 Å². The number of nitrogens with zero attached hydrogens (tertiary/aromatic N) is 3. The Morgan fingerprint density at radius 3 is 2.44 bits per heavy atom. The SMILES string of the molecule is Cc1nn(C(=O)COc2ccccc2)c(C)c1Sc1ccc([N+](=O)[O-])cc1. The molecule has 0 atom stereocenters. The maximum atomic E-state index is 12.5. The van der Waals surface area contributed by atoms with Crippen LogP contribution >= 0.6 is 11.8 Å². The molecule has 2 aromatic carbocycles. The first kappa shape index (κ1) is 18.7. The summed E-state index contributed by atoms with van der Waals surface area (Å²) >= 11 is 1.41. The zero-order valence-electron chi connectivity index (χ0n) is 14.8. The van der Waals surface area contributed by atoms with Crippen LogP contribution in [0.5, 0.6) is 5.75 Å². The second kappa shape index (κ2) is 8.05. The standard InChI is InChI=1S/C19H17N3O4S/c1-13-19(27-17-10-8-15(9-11-17)22(24)25)14(2)21(20-13)18(23)12-26-16-6-4-3-5-7-16/h3-11H,12H2,1-2H3. The number of nitro benzene ring substituents is 1. The predicted octanol–water partition coefficient (Wildman–Crippen LogP) is 4.28. The Bertz CT molecular complexity index is 969. The first-order valence-electron chi connectivity index (χ1n) is 8.15. The fraction of sp³-hybridized carbons (Fsp3) is 0.158. The Hall–Kier alpha value is -3.13. The second-order valence-electron chi connectivity index (χ2n) is 5.76. The van der Waals surface area contributed by atoms with E-state index in [1.165, 1.54) is 28.6 Å². The van der Waals surface area contributed by atoms with Gasteiger partial charge in [0.2, 0.25) is 0 Å². The summed E-state index contributed by atoms with van der Waals surface area (Å²) in [6.45, 7) is 3.52. The van der Waals surface area contributed by atoms with Gasteiger partial charge in [0, 0.05) is 17.0 Å². The zero-order chi connectivity index (χ0) is 19.4. The van der Waals surface area contributed by atoms with E-state index in [2.05, 4.69) is 5.10 Å². The first-order valence-corrected chi connectivity index (χ1v) is 8.97. The van der Waals surface area contributed by atoms with Gasteiger partial charge in [0.15, 0.2) is 6.61 Å². The van der Waals surface area contributed by atoms with Crippen molar-refractivity contribution in [1.29, 1.82) is 0 Å². The molecule has 0 aliphatic carbocycles. The Morgan fingerprint density at radius 2 is 1.81 bits per heavy atom. The lowest BCUT2D eigenvalue weighted by atomic mass is 10.3. The topological polar surface area (TPSA) is 87.3 Å². The molecule has 7 nitrogen and oxygen atoms in total. The fourth-order valence-corrected chi connectivity index (χ4v) is 3.43. The van der Waals surface area contributed by atoms with Gasteiger partial charge in [0.1, 0.15) is 5.75 Å². The quantitative estimate of drug-likeness (QED) is 0.466. The Balaban J connectivity index is 1.73. The van der Waals surface area contributed by atoms with Crippen molar-refractivity contribution < 1.29 is 14.5 Å². The first-order chi connectivity index (χ1) is 13.0. The number of rotatable bonds is 6. The predicted molar refractivity (Wildman–Crippen MR) is 101 cm³/mol. The van der Waals surface area contributed by atoms with Crippen molar-refractivity contribution in [3.8, 4) is 5.75 Å². The molecule has 8 heteroatoms. The van der Waals surface area contributed by atoms with Gasteiger partial charge in [-0.25, -0.2) is 4.68 Å². The molecule has 0 bridgehead atoms. The van der Waals surface area contributed by atoms with Crippen LogP contribution < -0.4 is 4.74 Å². The van der Waals surface area contributed by atoms with E-state index in [1.54, 1.807) is 24.3 Å². The lowest BCUT2D eigenvalue weighted by Crippen LogP contribution is -2.21. The van der Waals surface area contributed by atoms with Gasteiger partial charge in [-0.1, -0.05) is 30.0 Å². The van der Waals surface area contributed by atoms with Crippen LogP contribution in [-0.2, 0) is 0 Å². The van der Waals surface area contributed by atoms with Gasteiger partial charge in [-0.15, -0.1) is 0 Å². The summed E-state index contributed by atoms with van der Waals surface area (Å²) in [6.07, 6.45) is 0. The van der Waals surface area contributed by atoms with Crippen molar-refractivity contribution in [3.05, 3.63) is 76.1 Å². The zero-order valence-corrected chi connectivity index (χ0v) is 15.6. The molecule has 1 heterocycles. The number of benzene rings is 2. The maximum absolute atomic E-state index is 12.5. The number of aromatic nitrogens is 2. The molecule has 3 aromatic rings. The number of carbonyl (C=O) groups is 1. The summed E-state index contributed by atoms with van der Waals surface area (Å²) < 4.78 is 6.84. The number of hydrogen-bond donors (Lipinski definition) is 0. The summed E-state index contributed by atoms with van der Waals surface area (Å²) in [5.41, 5.74) is 1.46. The fourth-order valence-electron chi connectivity index (χ4n) is 2.50. The average Bonchev–Trinajstić information content (AvgIpc) is 2.95. The van der Waals surface area contributed by atoms with E-state index in [0.29, 0.717) is 17.1 Å². The Kier molecular flexibility index (Phi) is 5.56. The van der Waals surface area contributed by atoms with E-state index in [1.807, 2.05) is 32.0 Å². The maximum Gasteiger partial charge on any atom is 0.285 e. The highest BCUT2D eigenvalue weighted by Gasteiger charge is 2.18. The monoisotopic (exact) mass is 383 g/mol. The number of para-hydroxylation sites is 1. The van der Waals surface area contributed by atoms with Crippen molar-refractivity contribution >= 4 is 23.4 Å². The van der Waals surface area contributed by atoms with Crippen LogP contribution in [-0.4, -0.2) is 27.2 Å². The minimum absolute atomic E-state index is 0.0386. The van der Waals surface area contributed by atoms with Crippen molar-refractivity contribution in [3.63, 3.8) is 0 Å². The molecule has 0 radical (unpaired) electrons. The van der Waals surface area contributed by atoms with E-state index in [0.717, 1.165) is 9.79 Å². The highest BCUT2D eigenvalue weighted by atomic mass is 32.2. The lowest BCUT2D eigenvalue weighted by Gasteiger charge is -2.07. The van der Waals surface area contributed by atoms with Crippen molar-refractivity contribution in [2.24, 2.45) is 0 Å².